The average Bonchev–Trinajstić information content (AvgIpc) is 2.61. The molecule has 0 radical (unpaired) electrons. The summed E-state index contributed by atoms with van der Waals surface area (Å²) in [6, 6.07) is 0. The largest absolute Gasteiger partial charge is 0.466 e. The van der Waals surface area contributed by atoms with Gasteiger partial charge in [-0.05, 0) is 91.9 Å². The molecule has 16 heteroatoms. The zero-order valence-electron chi connectivity index (χ0n) is 26.7. The minimum atomic E-state index is -3.86. The number of hydrogen-bond acceptors (Lipinski definition) is 9. The molecule has 3 atom stereocenters. The van der Waals surface area contributed by atoms with Crippen LogP contribution in [0.15, 0.2) is 12.7 Å². The van der Waals surface area contributed by atoms with Crippen molar-refractivity contribution in [1.29, 1.82) is 0 Å². The Morgan fingerprint density at radius 2 is 1.29 bits per heavy atom. The van der Waals surface area contributed by atoms with Gasteiger partial charge in [-0.2, -0.15) is 0 Å². The van der Waals surface area contributed by atoms with E-state index in [1.165, 1.54) is 6.92 Å². The van der Waals surface area contributed by atoms with Crippen molar-refractivity contribution in [1.82, 2.24) is 0 Å². The lowest BCUT2D eigenvalue weighted by molar-refractivity contribution is -0.376. The van der Waals surface area contributed by atoms with Crippen molar-refractivity contribution < 1.29 is 40.9 Å². The maximum Gasteiger partial charge on any atom is 0.371 e. The first-order valence-corrected chi connectivity index (χ1v) is 32.4. The number of carbonyl (C=O) groups excluding carboxylic acids is 1. The van der Waals surface area contributed by atoms with Gasteiger partial charge in [-0.25, -0.2) is 4.79 Å². The fourth-order valence-corrected chi connectivity index (χ4v) is 35.4. The molecule has 0 bridgehead atoms. The average molecular weight is 661 g/mol. The van der Waals surface area contributed by atoms with Gasteiger partial charge in [0.15, 0.2) is 33.3 Å². The minimum Gasteiger partial charge on any atom is -0.466 e. The molecule has 0 aromatic heterocycles. The van der Waals surface area contributed by atoms with E-state index in [-0.39, 0.29) is 6.42 Å². The van der Waals surface area contributed by atoms with Crippen LogP contribution in [0.4, 0.5) is 0 Å². The zero-order chi connectivity index (χ0) is 30.6. The van der Waals surface area contributed by atoms with Crippen molar-refractivity contribution in [3.8, 4) is 0 Å². The Labute approximate surface area is 242 Å². The van der Waals surface area contributed by atoms with Crippen LogP contribution in [0.3, 0.4) is 0 Å². The van der Waals surface area contributed by atoms with E-state index in [2.05, 4.69) is 6.58 Å². The maximum atomic E-state index is 13.2. The van der Waals surface area contributed by atoms with E-state index < -0.39 is 73.4 Å². The lowest BCUT2D eigenvalue weighted by Gasteiger charge is -2.60. The highest BCUT2D eigenvalue weighted by atomic mass is 29.2. The fraction of sp³-hybridized carbons (Fsp3) is 0.864. The van der Waals surface area contributed by atoms with Gasteiger partial charge in [-0.3, -0.25) is 0 Å². The number of aliphatic hydroxyl groups is 2. The molecule has 0 aromatic rings. The number of hydrogen-bond donors (Lipinski definition) is 2. The Balaban J connectivity index is 8.30. The Bertz CT molecular complexity index is 785. The number of esters is 1. The molecule has 0 spiro atoms. The highest BCUT2D eigenvalue weighted by molar-refractivity contribution is 7.22. The van der Waals surface area contributed by atoms with Crippen LogP contribution in [0.1, 0.15) is 26.7 Å². The van der Waals surface area contributed by atoms with E-state index in [9.17, 15) is 15.0 Å². The summed E-state index contributed by atoms with van der Waals surface area (Å²) in [6.07, 6.45) is 1.63. The van der Waals surface area contributed by atoms with Gasteiger partial charge in [0.2, 0.25) is 20.3 Å². The standard InChI is InChI=1S/C22H56O9Si7/c1-16-18-21(26-19(23)17-2,38(33-29-32,30-36(10,11)12)31-37(13,14)15)22(25,28-35(7,8)9)20(3,24)27-34(4,5)6/h17,24-25H,2,16,18,33H2,1,3-15,32H3. The fourth-order valence-electron chi connectivity index (χ4n) is 4.58. The Morgan fingerprint density at radius 1 is 0.868 bits per heavy atom. The summed E-state index contributed by atoms with van der Waals surface area (Å²) in [5.41, 5.74) is 0. The molecule has 0 amide bonds. The van der Waals surface area contributed by atoms with Crippen molar-refractivity contribution in [2.45, 2.75) is 122 Å². The third-order valence-corrected chi connectivity index (χ3v) is 26.0. The number of carbonyl (C=O) groups is 1. The third kappa shape index (κ3) is 10.4. The smallest absolute Gasteiger partial charge is 0.371 e. The molecular formula is C22H56O9Si7. The van der Waals surface area contributed by atoms with Gasteiger partial charge in [0.25, 0.3) is 5.79 Å². The topological polar surface area (TPSA) is 113 Å². The van der Waals surface area contributed by atoms with Crippen LogP contribution in [-0.4, -0.2) is 94.1 Å². The second-order valence-electron chi connectivity index (χ2n) is 13.9. The lowest BCUT2D eigenvalue weighted by Crippen LogP contribution is -2.86. The normalized spacial score (nSPS) is 19.2. The monoisotopic (exact) mass is 660 g/mol. The van der Waals surface area contributed by atoms with Crippen molar-refractivity contribution in [3.05, 3.63) is 12.7 Å². The van der Waals surface area contributed by atoms with Gasteiger partial charge >= 0.3 is 14.0 Å². The van der Waals surface area contributed by atoms with Gasteiger partial charge < -0.3 is 36.1 Å². The third-order valence-electron chi connectivity index (χ3n) is 5.07. The predicted molar refractivity (Wildman–Crippen MR) is 173 cm³/mol. The Kier molecular flexibility index (Phi) is 13.3. The van der Waals surface area contributed by atoms with Crippen molar-refractivity contribution in [2.75, 3.05) is 0 Å². The van der Waals surface area contributed by atoms with Gasteiger partial charge in [-0.1, -0.05) is 19.9 Å². The van der Waals surface area contributed by atoms with Crippen LogP contribution in [0.2, 0.25) is 78.6 Å². The van der Waals surface area contributed by atoms with Crippen LogP contribution in [0.5, 0.6) is 0 Å². The SMILES string of the molecule is C=CC(=O)OC(CCC)(C(O)(O[Si](C)(C)C)C(C)(O)O[Si](C)(C)C)[Si](O[Si](C)(C)C)(O[Si](C)(C)C)[SiH2]O[SiH3]. The van der Waals surface area contributed by atoms with Crippen LogP contribution >= 0.6 is 0 Å². The molecule has 226 valence electrons. The molecule has 0 heterocycles. The van der Waals surface area contributed by atoms with Crippen molar-refractivity contribution >= 4 is 67.1 Å². The molecule has 2 N–H and O–H groups in total. The zero-order valence-corrected chi connectivity index (χ0v) is 35.1. The molecule has 38 heavy (non-hydrogen) atoms. The molecule has 0 rings (SSSR count). The molecule has 0 aliphatic rings. The summed E-state index contributed by atoms with van der Waals surface area (Å²) in [4.78, 5) is 13.2. The molecule has 3 unspecified atom stereocenters. The molecule has 0 saturated heterocycles. The summed E-state index contributed by atoms with van der Waals surface area (Å²) < 4.78 is 39.4. The minimum absolute atomic E-state index is 0.109. The molecule has 0 aliphatic heterocycles. The van der Waals surface area contributed by atoms with Crippen LogP contribution in [-0.2, 0) is 30.7 Å². The second-order valence-corrected chi connectivity index (χ2v) is 41.4. The van der Waals surface area contributed by atoms with E-state index >= 15 is 0 Å². The van der Waals surface area contributed by atoms with E-state index in [1.54, 1.807) is 0 Å². The van der Waals surface area contributed by atoms with E-state index in [4.69, 9.17) is 25.9 Å². The summed E-state index contributed by atoms with van der Waals surface area (Å²) in [5, 5.41) is 23.3. The summed E-state index contributed by atoms with van der Waals surface area (Å²) in [7, 11) is -15.2. The van der Waals surface area contributed by atoms with E-state index in [0.717, 1.165) is 6.08 Å². The van der Waals surface area contributed by atoms with E-state index in [1.807, 2.05) is 85.5 Å². The molecule has 0 aromatic carbocycles. The summed E-state index contributed by atoms with van der Waals surface area (Å²) in [5.74, 6) is -5.58. The number of rotatable bonds is 17. The van der Waals surface area contributed by atoms with Crippen LogP contribution in [0, 0.1) is 0 Å². The van der Waals surface area contributed by atoms with Crippen LogP contribution in [0.25, 0.3) is 0 Å². The van der Waals surface area contributed by atoms with Gasteiger partial charge in [-0.15, -0.1) is 0 Å². The first kappa shape index (κ1) is 38.4. The molecule has 0 aliphatic carbocycles. The summed E-state index contributed by atoms with van der Waals surface area (Å²) in [6.45, 7) is 30.6. The van der Waals surface area contributed by atoms with Gasteiger partial charge in [0.1, 0.15) is 10.5 Å². The van der Waals surface area contributed by atoms with Crippen molar-refractivity contribution in [3.63, 3.8) is 0 Å². The lowest BCUT2D eigenvalue weighted by atomic mass is 9.96. The predicted octanol–water partition coefficient (Wildman–Crippen LogP) is 2.92. The number of ether oxygens (including phenoxy) is 1. The molecular weight excluding hydrogens is 605 g/mol. The quantitative estimate of drug-likeness (QED) is 0.105. The van der Waals surface area contributed by atoms with Gasteiger partial charge in [0, 0.05) is 6.08 Å². The van der Waals surface area contributed by atoms with Gasteiger partial charge in [0.05, 0.1) is 0 Å². The van der Waals surface area contributed by atoms with Crippen molar-refractivity contribution in [2.24, 2.45) is 0 Å². The molecule has 0 saturated carbocycles. The van der Waals surface area contributed by atoms with E-state index in [0.29, 0.717) is 16.9 Å². The first-order chi connectivity index (χ1) is 16.7. The highest BCUT2D eigenvalue weighted by Crippen LogP contribution is 2.50. The highest BCUT2D eigenvalue weighted by Gasteiger charge is 2.78. The maximum absolute atomic E-state index is 13.2. The summed E-state index contributed by atoms with van der Waals surface area (Å²) >= 11 is 0. The second kappa shape index (κ2) is 13.2. The Morgan fingerprint density at radius 3 is 1.58 bits per heavy atom. The molecule has 0 fully saturated rings. The molecule has 9 nitrogen and oxygen atoms in total. The van der Waals surface area contributed by atoms with Crippen LogP contribution < -0.4 is 0 Å². The Hall–Kier alpha value is 0.448. The first-order valence-electron chi connectivity index (χ1n) is 13.3.